The van der Waals surface area contributed by atoms with Gasteiger partial charge in [0.15, 0.2) is 0 Å². The Kier molecular flexibility index (Phi) is 5.28. The van der Waals surface area contributed by atoms with Crippen LogP contribution >= 0.6 is 11.6 Å². The van der Waals surface area contributed by atoms with E-state index >= 15 is 0 Å². The fraction of sp³-hybridized carbons (Fsp3) is 0.111. The molecule has 0 aliphatic rings. The van der Waals surface area contributed by atoms with Gasteiger partial charge in [-0.25, -0.2) is 9.97 Å². The first-order valence-electron chi connectivity index (χ1n) is 7.82. The molecule has 0 spiro atoms. The normalized spacial score (nSPS) is 10.4. The van der Waals surface area contributed by atoms with Gasteiger partial charge in [0.2, 0.25) is 11.6 Å². The SMILES string of the molecule is CN(c1ccccc1)c1ncnc(NCc2ccc(Cl)cc2)c1[N+](=O)[O-]. The average molecular weight is 370 g/mol. The molecule has 0 aliphatic carbocycles. The lowest BCUT2D eigenvalue weighted by atomic mass is 10.2. The summed E-state index contributed by atoms with van der Waals surface area (Å²) in [5.41, 5.74) is 1.55. The van der Waals surface area contributed by atoms with Crippen LogP contribution in [0.2, 0.25) is 5.02 Å². The van der Waals surface area contributed by atoms with Crippen LogP contribution in [0.3, 0.4) is 0 Å². The van der Waals surface area contributed by atoms with Crippen molar-refractivity contribution in [2.75, 3.05) is 17.3 Å². The smallest absolute Gasteiger partial charge is 0.353 e. The second-order valence-electron chi connectivity index (χ2n) is 5.53. The summed E-state index contributed by atoms with van der Waals surface area (Å²) in [4.78, 5) is 21.0. The molecule has 0 amide bonds. The van der Waals surface area contributed by atoms with Gasteiger partial charge < -0.3 is 10.2 Å². The van der Waals surface area contributed by atoms with Gasteiger partial charge >= 0.3 is 5.69 Å². The molecular formula is C18H16ClN5O2. The molecule has 0 fully saturated rings. The van der Waals surface area contributed by atoms with Gasteiger partial charge in [-0.3, -0.25) is 10.1 Å². The number of rotatable bonds is 6. The van der Waals surface area contributed by atoms with Crippen molar-refractivity contribution in [2.45, 2.75) is 6.54 Å². The number of hydrogen-bond donors (Lipinski definition) is 1. The number of benzene rings is 2. The molecule has 3 rings (SSSR count). The third kappa shape index (κ3) is 3.89. The molecule has 8 heteroatoms. The lowest BCUT2D eigenvalue weighted by Crippen LogP contribution is -2.15. The highest BCUT2D eigenvalue weighted by Gasteiger charge is 2.26. The minimum atomic E-state index is -0.473. The number of nitrogens with one attached hydrogen (secondary N) is 1. The van der Waals surface area contributed by atoms with Crippen LogP contribution in [0.4, 0.5) is 23.0 Å². The van der Waals surface area contributed by atoms with Crippen molar-refractivity contribution in [3.63, 3.8) is 0 Å². The van der Waals surface area contributed by atoms with E-state index in [0.29, 0.717) is 11.6 Å². The Bertz CT molecular complexity index is 903. The van der Waals surface area contributed by atoms with Gasteiger partial charge in [0.05, 0.1) is 4.92 Å². The van der Waals surface area contributed by atoms with E-state index in [0.717, 1.165) is 11.3 Å². The Morgan fingerprint density at radius 3 is 2.46 bits per heavy atom. The summed E-state index contributed by atoms with van der Waals surface area (Å²) in [6.07, 6.45) is 1.31. The second-order valence-corrected chi connectivity index (χ2v) is 5.96. The maximum Gasteiger partial charge on any atom is 0.353 e. The molecule has 2 aromatic carbocycles. The lowest BCUT2D eigenvalue weighted by Gasteiger charge is -2.18. The Morgan fingerprint density at radius 1 is 1.12 bits per heavy atom. The fourth-order valence-corrected chi connectivity index (χ4v) is 2.60. The molecule has 132 valence electrons. The molecule has 26 heavy (non-hydrogen) atoms. The summed E-state index contributed by atoms with van der Waals surface area (Å²) in [6, 6.07) is 16.5. The van der Waals surface area contributed by atoms with Gasteiger partial charge in [0.1, 0.15) is 6.33 Å². The lowest BCUT2D eigenvalue weighted by molar-refractivity contribution is -0.383. The predicted octanol–water partition coefficient (Wildman–Crippen LogP) is 4.42. The van der Waals surface area contributed by atoms with E-state index < -0.39 is 4.92 Å². The van der Waals surface area contributed by atoms with Gasteiger partial charge in [-0.2, -0.15) is 0 Å². The Balaban J connectivity index is 1.91. The number of anilines is 3. The number of aromatic nitrogens is 2. The largest absolute Gasteiger partial charge is 0.360 e. The minimum Gasteiger partial charge on any atom is -0.360 e. The fourth-order valence-electron chi connectivity index (χ4n) is 2.47. The molecule has 3 aromatic rings. The van der Waals surface area contributed by atoms with E-state index in [4.69, 9.17) is 11.6 Å². The molecule has 0 saturated heterocycles. The van der Waals surface area contributed by atoms with Crippen molar-refractivity contribution in [3.8, 4) is 0 Å². The van der Waals surface area contributed by atoms with E-state index in [-0.39, 0.29) is 17.3 Å². The summed E-state index contributed by atoms with van der Waals surface area (Å²) < 4.78 is 0. The summed E-state index contributed by atoms with van der Waals surface area (Å²) in [5.74, 6) is 0.382. The molecule has 0 bridgehead atoms. The number of nitrogens with zero attached hydrogens (tertiary/aromatic N) is 4. The molecule has 1 heterocycles. The van der Waals surface area contributed by atoms with Crippen molar-refractivity contribution in [1.29, 1.82) is 0 Å². The number of nitro groups is 1. The highest BCUT2D eigenvalue weighted by atomic mass is 35.5. The van der Waals surface area contributed by atoms with E-state index in [2.05, 4.69) is 15.3 Å². The zero-order chi connectivity index (χ0) is 18.5. The van der Waals surface area contributed by atoms with Crippen LogP contribution in [0, 0.1) is 10.1 Å². The van der Waals surface area contributed by atoms with Crippen molar-refractivity contribution in [1.82, 2.24) is 9.97 Å². The first-order valence-corrected chi connectivity index (χ1v) is 8.20. The van der Waals surface area contributed by atoms with E-state index in [1.807, 2.05) is 42.5 Å². The van der Waals surface area contributed by atoms with Crippen LogP contribution in [0.5, 0.6) is 0 Å². The van der Waals surface area contributed by atoms with Gasteiger partial charge in [0, 0.05) is 24.3 Å². The van der Waals surface area contributed by atoms with E-state index in [1.165, 1.54) is 6.33 Å². The first kappa shape index (κ1) is 17.6. The molecule has 0 radical (unpaired) electrons. The maximum absolute atomic E-state index is 11.7. The zero-order valence-electron chi connectivity index (χ0n) is 14.0. The summed E-state index contributed by atoms with van der Waals surface area (Å²) >= 11 is 5.87. The Morgan fingerprint density at radius 2 is 1.81 bits per heavy atom. The van der Waals surface area contributed by atoms with Crippen LogP contribution < -0.4 is 10.2 Å². The van der Waals surface area contributed by atoms with E-state index in [9.17, 15) is 10.1 Å². The Hall–Kier alpha value is -3.19. The number of para-hydroxylation sites is 1. The van der Waals surface area contributed by atoms with E-state index in [1.54, 1.807) is 24.1 Å². The third-order valence-corrected chi connectivity index (χ3v) is 4.07. The van der Waals surface area contributed by atoms with Gasteiger partial charge in [-0.15, -0.1) is 0 Å². The molecular weight excluding hydrogens is 354 g/mol. The number of hydrogen-bond acceptors (Lipinski definition) is 6. The standard InChI is InChI=1S/C18H16ClN5O2/c1-23(15-5-3-2-4-6-15)18-16(24(25)26)17(21-12-22-18)20-11-13-7-9-14(19)10-8-13/h2-10,12H,11H2,1H3,(H,20,21,22). The topological polar surface area (TPSA) is 84.2 Å². The Labute approximate surface area is 155 Å². The highest BCUT2D eigenvalue weighted by molar-refractivity contribution is 6.30. The van der Waals surface area contributed by atoms with Crippen molar-refractivity contribution < 1.29 is 4.92 Å². The van der Waals surface area contributed by atoms with Gasteiger partial charge in [-0.05, 0) is 29.8 Å². The average Bonchev–Trinajstić information content (AvgIpc) is 2.67. The molecule has 0 unspecified atom stereocenters. The molecule has 0 atom stereocenters. The third-order valence-electron chi connectivity index (χ3n) is 3.82. The summed E-state index contributed by atoms with van der Waals surface area (Å²) in [6.45, 7) is 0.378. The summed E-state index contributed by atoms with van der Waals surface area (Å²) in [7, 11) is 1.73. The van der Waals surface area contributed by atoms with Crippen molar-refractivity contribution in [2.24, 2.45) is 0 Å². The molecule has 7 nitrogen and oxygen atoms in total. The van der Waals surface area contributed by atoms with Crippen LogP contribution in [0.15, 0.2) is 60.9 Å². The van der Waals surface area contributed by atoms with Crippen LogP contribution in [0.1, 0.15) is 5.56 Å². The second kappa shape index (κ2) is 7.79. The van der Waals surface area contributed by atoms with Gasteiger partial charge in [-0.1, -0.05) is 41.9 Å². The van der Waals surface area contributed by atoms with Crippen LogP contribution in [-0.4, -0.2) is 21.9 Å². The van der Waals surface area contributed by atoms with Gasteiger partial charge in [0.25, 0.3) is 0 Å². The highest BCUT2D eigenvalue weighted by Crippen LogP contribution is 2.34. The molecule has 1 aromatic heterocycles. The minimum absolute atomic E-state index is 0.165. The monoisotopic (exact) mass is 369 g/mol. The zero-order valence-corrected chi connectivity index (χ0v) is 14.7. The van der Waals surface area contributed by atoms with Crippen molar-refractivity contribution in [3.05, 3.63) is 81.6 Å². The first-order chi connectivity index (χ1) is 12.6. The van der Waals surface area contributed by atoms with Crippen LogP contribution in [0.25, 0.3) is 0 Å². The maximum atomic E-state index is 11.7. The quantitative estimate of drug-likeness (QED) is 0.511. The van der Waals surface area contributed by atoms with Crippen LogP contribution in [-0.2, 0) is 6.54 Å². The number of halogens is 1. The molecule has 0 aliphatic heterocycles. The summed E-state index contributed by atoms with van der Waals surface area (Å²) in [5, 5.41) is 15.3. The van der Waals surface area contributed by atoms with Crippen molar-refractivity contribution >= 4 is 34.6 Å². The molecule has 1 N–H and O–H groups in total. The predicted molar refractivity (Wildman–Crippen MR) is 102 cm³/mol. The molecule has 0 saturated carbocycles.